The standard InChI is InChI=1S/C16H26N4O/c1-5-17-15(21)11-19-16(18-6-2)20(4)12-14-10-8-7-9-13(14)3/h7-10H,5-6,11-12H2,1-4H3,(H,17,21)(H,18,19). The van der Waals surface area contributed by atoms with Crippen LogP contribution in [0.2, 0.25) is 0 Å². The molecule has 5 heteroatoms. The van der Waals surface area contributed by atoms with Crippen molar-refractivity contribution in [2.45, 2.75) is 27.3 Å². The van der Waals surface area contributed by atoms with Gasteiger partial charge >= 0.3 is 0 Å². The van der Waals surface area contributed by atoms with Gasteiger partial charge in [0.1, 0.15) is 6.54 Å². The maximum atomic E-state index is 11.5. The molecule has 0 spiro atoms. The van der Waals surface area contributed by atoms with E-state index in [4.69, 9.17) is 0 Å². The first-order chi connectivity index (χ1) is 10.1. The monoisotopic (exact) mass is 290 g/mol. The largest absolute Gasteiger partial charge is 0.357 e. The molecule has 0 radical (unpaired) electrons. The number of carbonyl (C=O) groups is 1. The smallest absolute Gasteiger partial charge is 0.241 e. The van der Waals surface area contributed by atoms with Crippen molar-refractivity contribution in [1.29, 1.82) is 0 Å². The van der Waals surface area contributed by atoms with E-state index in [0.29, 0.717) is 6.54 Å². The molecular formula is C16H26N4O. The Balaban J connectivity index is 2.73. The minimum atomic E-state index is -0.0582. The summed E-state index contributed by atoms with van der Waals surface area (Å²) < 4.78 is 0. The topological polar surface area (TPSA) is 56.7 Å². The number of likely N-dealkylation sites (N-methyl/N-ethyl adjacent to an activating group) is 1. The Kier molecular flexibility index (Phi) is 7.29. The molecule has 21 heavy (non-hydrogen) atoms. The molecule has 1 aromatic rings. The van der Waals surface area contributed by atoms with Crippen molar-refractivity contribution >= 4 is 11.9 Å². The highest BCUT2D eigenvalue weighted by Crippen LogP contribution is 2.09. The molecular weight excluding hydrogens is 264 g/mol. The molecule has 0 unspecified atom stereocenters. The zero-order valence-electron chi connectivity index (χ0n) is 13.4. The Morgan fingerprint density at radius 1 is 1.19 bits per heavy atom. The van der Waals surface area contributed by atoms with E-state index in [9.17, 15) is 4.79 Å². The lowest BCUT2D eigenvalue weighted by Crippen LogP contribution is -2.39. The number of amides is 1. The van der Waals surface area contributed by atoms with E-state index in [1.165, 1.54) is 11.1 Å². The van der Waals surface area contributed by atoms with Gasteiger partial charge in [0.15, 0.2) is 5.96 Å². The molecule has 0 saturated carbocycles. The molecule has 0 heterocycles. The Labute approximate surface area is 127 Å². The van der Waals surface area contributed by atoms with Crippen LogP contribution in [0.15, 0.2) is 29.3 Å². The van der Waals surface area contributed by atoms with Crippen LogP contribution in [-0.4, -0.2) is 43.4 Å². The number of nitrogens with one attached hydrogen (secondary N) is 2. The fraction of sp³-hybridized carbons (Fsp3) is 0.500. The lowest BCUT2D eigenvalue weighted by Gasteiger charge is -2.23. The maximum absolute atomic E-state index is 11.5. The summed E-state index contributed by atoms with van der Waals surface area (Å²) in [5.74, 6) is 0.684. The van der Waals surface area contributed by atoms with E-state index >= 15 is 0 Å². The molecule has 1 aromatic carbocycles. The van der Waals surface area contributed by atoms with Gasteiger partial charge < -0.3 is 15.5 Å². The number of aliphatic imine (C=N–C) groups is 1. The van der Waals surface area contributed by atoms with Gasteiger partial charge in [-0.05, 0) is 31.9 Å². The molecule has 0 fully saturated rings. The minimum Gasteiger partial charge on any atom is -0.357 e. The summed E-state index contributed by atoms with van der Waals surface area (Å²) in [6, 6.07) is 8.28. The van der Waals surface area contributed by atoms with E-state index in [1.807, 2.05) is 37.9 Å². The maximum Gasteiger partial charge on any atom is 0.241 e. The number of aryl methyl sites for hydroxylation is 1. The number of benzene rings is 1. The lowest BCUT2D eigenvalue weighted by atomic mass is 10.1. The summed E-state index contributed by atoms with van der Waals surface area (Å²) in [6.07, 6.45) is 0. The van der Waals surface area contributed by atoms with E-state index in [2.05, 4.69) is 34.7 Å². The van der Waals surface area contributed by atoms with Crippen LogP contribution in [0.1, 0.15) is 25.0 Å². The van der Waals surface area contributed by atoms with Crippen LogP contribution in [0, 0.1) is 6.92 Å². The average molecular weight is 290 g/mol. The Morgan fingerprint density at radius 3 is 2.48 bits per heavy atom. The van der Waals surface area contributed by atoms with Crippen LogP contribution in [0.25, 0.3) is 0 Å². The average Bonchev–Trinajstić information content (AvgIpc) is 2.46. The van der Waals surface area contributed by atoms with Crippen molar-refractivity contribution < 1.29 is 4.79 Å². The molecule has 0 aliphatic carbocycles. The molecule has 0 aliphatic rings. The van der Waals surface area contributed by atoms with Gasteiger partial charge in [-0.15, -0.1) is 0 Å². The SMILES string of the molecule is CCNC(=O)CN=C(NCC)N(C)Cc1ccccc1C. The predicted octanol–water partition coefficient (Wildman–Crippen LogP) is 1.53. The molecule has 1 amide bonds. The third-order valence-corrected chi connectivity index (χ3v) is 3.11. The third kappa shape index (κ3) is 5.85. The van der Waals surface area contributed by atoms with Crippen LogP contribution < -0.4 is 10.6 Å². The minimum absolute atomic E-state index is 0.0582. The molecule has 1 rings (SSSR count). The number of hydrogen-bond acceptors (Lipinski definition) is 2. The van der Waals surface area contributed by atoms with Gasteiger partial charge in [0, 0.05) is 26.7 Å². The third-order valence-electron chi connectivity index (χ3n) is 3.11. The van der Waals surface area contributed by atoms with E-state index in [0.717, 1.165) is 19.0 Å². The number of hydrogen-bond donors (Lipinski definition) is 2. The number of nitrogens with zero attached hydrogens (tertiary/aromatic N) is 2. The lowest BCUT2D eigenvalue weighted by molar-refractivity contribution is -0.119. The van der Waals surface area contributed by atoms with Crippen molar-refractivity contribution in [3.8, 4) is 0 Å². The van der Waals surface area contributed by atoms with Crippen molar-refractivity contribution in [1.82, 2.24) is 15.5 Å². The Bertz CT molecular complexity index is 485. The van der Waals surface area contributed by atoms with Crippen molar-refractivity contribution in [3.63, 3.8) is 0 Å². The molecule has 0 aliphatic heterocycles. The normalized spacial score (nSPS) is 11.1. The number of guanidine groups is 1. The first-order valence-electron chi connectivity index (χ1n) is 7.39. The molecule has 116 valence electrons. The van der Waals surface area contributed by atoms with Crippen molar-refractivity contribution in [2.75, 3.05) is 26.7 Å². The fourth-order valence-corrected chi connectivity index (χ4v) is 1.99. The highest BCUT2D eigenvalue weighted by atomic mass is 16.1. The van der Waals surface area contributed by atoms with Crippen LogP contribution in [0.4, 0.5) is 0 Å². The van der Waals surface area contributed by atoms with E-state index in [1.54, 1.807) is 0 Å². The second-order valence-electron chi connectivity index (χ2n) is 4.91. The van der Waals surface area contributed by atoms with Crippen molar-refractivity contribution in [2.24, 2.45) is 4.99 Å². The second kappa shape index (κ2) is 9.00. The first-order valence-corrected chi connectivity index (χ1v) is 7.39. The fourth-order valence-electron chi connectivity index (χ4n) is 1.99. The molecule has 5 nitrogen and oxygen atoms in total. The zero-order valence-corrected chi connectivity index (χ0v) is 13.4. The van der Waals surface area contributed by atoms with Gasteiger partial charge in [0.05, 0.1) is 0 Å². The number of rotatable bonds is 6. The van der Waals surface area contributed by atoms with Gasteiger partial charge in [-0.25, -0.2) is 4.99 Å². The van der Waals surface area contributed by atoms with Crippen LogP contribution in [0.5, 0.6) is 0 Å². The highest BCUT2D eigenvalue weighted by molar-refractivity contribution is 5.84. The van der Waals surface area contributed by atoms with Gasteiger partial charge in [-0.3, -0.25) is 4.79 Å². The van der Waals surface area contributed by atoms with Crippen LogP contribution in [0.3, 0.4) is 0 Å². The van der Waals surface area contributed by atoms with Crippen LogP contribution >= 0.6 is 0 Å². The summed E-state index contributed by atoms with van der Waals surface area (Å²) in [7, 11) is 1.98. The van der Waals surface area contributed by atoms with E-state index < -0.39 is 0 Å². The summed E-state index contributed by atoms with van der Waals surface area (Å²) in [4.78, 5) is 17.9. The first kappa shape index (κ1) is 17.0. The molecule has 0 bridgehead atoms. The Morgan fingerprint density at radius 2 is 1.86 bits per heavy atom. The zero-order chi connectivity index (χ0) is 15.7. The van der Waals surface area contributed by atoms with Crippen molar-refractivity contribution in [3.05, 3.63) is 35.4 Å². The predicted molar refractivity (Wildman–Crippen MR) is 87.3 cm³/mol. The van der Waals surface area contributed by atoms with Gasteiger partial charge in [-0.2, -0.15) is 0 Å². The van der Waals surface area contributed by atoms with E-state index in [-0.39, 0.29) is 12.5 Å². The van der Waals surface area contributed by atoms with Gasteiger partial charge in [0.2, 0.25) is 5.91 Å². The van der Waals surface area contributed by atoms with Gasteiger partial charge in [0.25, 0.3) is 0 Å². The molecule has 2 N–H and O–H groups in total. The number of carbonyl (C=O) groups excluding carboxylic acids is 1. The summed E-state index contributed by atoms with van der Waals surface area (Å²) >= 11 is 0. The molecule has 0 aromatic heterocycles. The molecule has 0 atom stereocenters. The summed E-state index contributed by atoms with van der Waals surface area (Å²) in [5.41, 5.74) is 2.51. The molecule has 0 saturated heterocycles. The van der Waals surface area contributed by atoms with Gasteiger partial charge in [-0.1, -0.05) is 24.3 Å². The summed E-state index contributed by atoms with van der Waals surface area (Å²) in [6.45, 7) is 8.32. The van der Waals surface area contributed by atoms with Crippen LogP contribution in [-0.2, 0) is 11.3 Å². The summed E-state index contributed by atoms with van der Waals surface area (Å²) in [5, 5.41) is 5.96. The second-order valence-corrected chi connectivity index (χ2v) is 4.91. The highest BCUT2D eigenvalue weighted by Gasteiger charge is 2.08. The quantitative estimate of drug-likeness (QED) is 0.617. The Hall–Kier alpha value is -2.04.